The lowest BCUT2D eigenvalue weighted by atomic mass is 9.79. The first-order valence-corrected chi connectivity index (χ1v) is 5.17. The van der Waals surface area contributed by atoms with Gasteiger partial charge in [0.2, 0.25) is 0 Å². The largest absolute Gasteiger partial charge is 0.491 e. The number of ether oxygens (including phenoxy) is 2. The van der Waals surface area contributed by atoms with Gasteiger partial charge >= 0.3 is 7.12 Å². The summed E-state index contributed by atoms with van der Waals surface area (Å²) in [6.45, 7) is 4.25. The third kappa shape index (κ3) is 3.52. The highest BCUT2D eigenvalue weighted by atomic mass is 16.5. The van der Waals surface area contributed by atoms with Gasteiger partial charge in [0.25, 0.3) is 0 Å². The van der Waals surface area contributed by atoms with E-state index in [0.29, 0.717) is 12.1 Å². The number of aryl methyl sites for hydroxylation is 1. The fourth-order valence-electron chi connectivity index (χ4n) is 1.27. The van der Waals surface area contributed by atoms with Crippen molar-refractivity contribution < 1.29 is 19.5 Å². The van der Waals surface area contributed by atoms with Crippen molar-refractivity contribution in [2.45, 2.75) is 20.0 Å². The molecule has 0 amide bonds. The van der Waals surface area contributed by atoms with Gasteiger partial charge in [-0.25, -0.2) is 0 Å². The second-order valence-corrected chi connectivity index (χ2v) is 3.76. The van der Waals surface area contributed by atoms with Crippen LogP contribution in [-0.4, -0.2) is 37.0 Å². The molecule has 0 spiro atoms. The molecule has 0 bridgehead atoms. The van der Waals surface area contributed by atoms with Crippen molar-refractivity contribution in [2.75, 3.05) is 13.7 Å². The second kappa shape index (κ2) is 5.89. The number of benzene rings is 1. The van der Waals surface area contributed by atoms with E-state index in [1.165, 1.54) is 0 Å². The van der Waals surface area contributed by atoms with Gasteiger partial charge in [-0.05, 0) is 30.9 Å². The Hall–Kier alpha value is -1.04. The van der Waals surface area contributed by atoms with Gasteiger partial charge in [-0.3, -0.25) is 0 Å². The van der Waals surface area contributed by atoms with Gasteiger partial charge in [0.15, 0.2) is 0 Å². The van der Waals surface area contributed by atoms with E-state index in [4.69, 9.17) is 19.5 Å². The highest BCUT2D eigenvalue weighted by molar-refractivity contribution is 6.58. The molecule has 0 aliphatic carbocycles. The van der Waals surface area contributed by atoms with Crippen molar-refractivity contribution in [3.05, 3.63) is 23.8 Å². The van der Waals surface area contributed by atoms with E-state index in [9.17, 15) is 0 Å². The third-order valence-electron chi connectivity index (χ3n) is 2.37. The summed E-state index contributed by atoms with van der Waals surface area (Å²) in [5.74, 6) is 0.730. The first-order chi connectivity index (χ1) is 7.54. The minimum atomic E-state index is -1.44. The standard InChI is InChI=1S/C11H17BO4/c1-8-6-10(12(13)14)4-5-11(8)16-7-9(2)15-3/h4-6,9,13-14H,7H2,1-3H3. The van der Waals surface area contributed by atoms with Crippen LogP contribution in [-0.2, 0) is 4.74 Å². The summed E-state index contributed by atoms with van der Waals surface area (Å²) in [6, 6.07) is 5.05. The molecule has 0 saturated heterocycles. The van der Waals surface area contributed by atoms with Crippen LogP contribution >= 0.6 is 0 Å². The Labute approximate surface area is 96.0 Å². The summed E-state index contributed by atoms with van der Waals surface area (Å²) in [6.07, 6.45) is 0.0301. The molecule has 0 fully saturated rings. The number of rotatable bonds is 5. The summed E-state index contributed by atoms with van der Waals surface area (Å²) < 4.78 is 10.6. The molecular weight excluding hydrogens is 207 g/mol. The SMILES string of the molecule is COC(C)COc1ccc(B(O)O)cc1C. The smallest absolute Gasteiger partial charge is 0.488 e. The first kappa shape index (κ1) is 13.0. The molecule has 1 aromatic carbocycles. The van der Waals surface area contributed by atoms with Crippen LogP contribution in [0.5, 0.6) is 5.75 Å². The van der Waals surface area contributed by atoms with Crippen LogP contribution in [0.25, 0.3) is 0 Å². The molecule has 2 N–H and O–H groups in total. The predicted octanol–water partition coefficient (Wildman–Crippen LogP) is 0.0885. The molecule has 1 rings (SSSR count). The molecule has 0 aliphatic rings. The summed E-state index contributed by atoms with van der Waals surface area (Å²) in [4.78, 5) is 0. The van der Waals surface area contributed by atoms with Crippen LogP contribution < -0.4 is 10.2 Å². The molecule has 1 aromatic rings. The zero-order valence-electron chi connectivity index (χ0n) is 9.80. The number of hydrogen-bond acceptors (Lipinski definition) is 4. The van der Waals surface area contributed by atoms with Crippen LogP contribution in [0.2, 0.25) is 0 Å². The van der Waals surface area contributed by atoms with E-state index in [1.54, 1.807) is 25.3 Å². The van der Waals surface area contributed by atoms with Gasteiger partial charge < -0.3 is 19.5 Å². The van der Waals surface area contributed by atoms with Crippen LogP contribution in [0.15, 0.2) is 18.2 Å². The van der Waals surface area contributed by atoms with Crippen molar-refractivity contribution in [3.63, 3.8) is 0 Å². The lowest BCUT2D eigenvalue weighted by Crippen LogP contribution is -2.30. The zero-order valence-corrected chi connectivity index (χ0v) is 9.80. The topological polar surface area (TPSA) is 58.9 Å². The van der Waals surface area contributed by atoms with Crippen LogP contribution in [0, 0.1) is 6.92 Å². The Bertz CT molecular complexity index is 341. The maximum absolute atomic E-state index is 8.99. The van der Waals surface area contributed by atoms with Gasteiger partial charge in [-0.1, -0.05) is 12.1 Å². The monoisotopic (exact) mass is 224 g/mol. The first-order valence-electron chi connectivity index (χ1n) is 5.17. The molecule has 0 aliphatic heterocycles. The Morgan fingerprint density at radius 1 is 1.38 bits per heavy atom. The van der Waals surface area contributed by atoms with E-state index >= 15 is 0 Å². The van der Waals surface area contributed by atoms with E-state index in [-0.39, 0.29) is 6.10 Å². The van der Waals surface area contributed by atoms with E-state index in [0.717, 1.165) is 11.3 Å². The van der Waals surface area contributed by atoms with Crippen molar-refractivity contribution in [1.29, 1.82) is 0 Å². The quantitative estimate of drug-likeness (QED) is 0.696. The molecular formula is C11H17BO4. The minimum absolute atomic E-state index is 0.0301. The molecule has 0 radical (unpaired) electrons. The summed E-state index contributed by atoms with van der Waals surface area (Å²) >= 11 is 0. The fraction of sp³-hybridized carbons (Fsp3) is 0.455. The molecule has 0 saturated carbocycles. The van der Waals surface area contributed by atoms with Crippen LogP contribution in [0.3, 0.4) is 0 Å². The number of methoxy groups -OCH3 is 1. The normalized spacial score (nSPS) is 12.3. The fourth-order valence-corrected chi connectivity index (χ4v) is 1.27. The van der Waals surface area contributed by atoms with Gasteiger partial charge in [-0.2, -0.15) is 0 Å². The molecule has 88 valence electrons. The van der Waals surface area contributed by atoms with E-state index in [1.807, 2.05) is 13.8 Å². The maximum Gasteiger partial charge on any atom is 0.488 e. The van der Waals surface area contributed by atoms with E-state index in [2.05, 4.69) is 0 Å². The molecule has 1 atom stereocenters. The van der Waals surface area contributed by atoms with Gasteiger partial charge in [0, 0.05) is 7.11 Å². The second-order valence-electron chi connectivity index (χ2n) is 3.76. The predicted molar refractivity (Wildman–Crippen MR) is 63.0 cm³/mol. The van der Waals surface area contributed by atoms with Crippen molar-refractivity contribution >= 4 is 12.6 Å². The highest BCUT2D eigenvalue weighted by Crippen LogP contribution is 2.15. The van der Waals surface area contributed by atoms with Crippen molar-refractivity contribution in [1.82, 2.24) is 0 Å². The van der Waals surface area contributed by atoms with Gasteiger partial charge in [0.1, 0.15) is 12.4 Å². The van der Waals surface area contributed by atoms with E-state index < -0.39 is 7.12 Å². The number of hydrogen-bond donors (Lipinski definition) is 2. The van der Waals surface area contributed by atoms with Gasteiger partial charge in [-0.15, -0.1) is 0 Å². The lowest BCUT2D eigenvalue weighted by Gasteiger charge is -2.13. The van der Waals surface area contributed by atoms with Crippen molar-refractivity contribution in [3.8, 4) is 5.75 Å². The summed E-state index contributed by atoms with van der Waals surface area (Å²) in [5.41, 5.74) is 1.33. The molecule has 0 aromatic heterocycles. The minimum Gasteiger partial charge on any atom is -0.491 e. The molecule has 5 heteroatoms. The highest BCUT2D eigenvalue weighted by Gasteiger charge is 2.12. The van der Waals surface area contributed by atoms with Crippen LogP contribution in [0.1, 0.15) is 12.5 Å². The molecule has 1 unspecified atom stereocenters. The lowest BCUT2D eigenvalue weighted by molar-refractivity contribution is 0.0714. The maximum atomic E-state index is 8.99. The van der Waals surface area contributed by atoms with Gasteiger partial charge in [0.05, 0.1) is 6.10 Å². The summed E-state index contributed by atoms with van der Waals surface area (Å²) in [7, 11) is 0.192. The third-order valence-corrected chi connectivity index (χ3v) is 2.37. The Kier molecular flexibility index (Phi) is 4.80. The van der Waals surface area contributed by atoms with Crippen LogP contribution in [0.4, 0.5) is 0 Å². The Morgan fingerprint density at radius 2 is 2.06 bits per heavy atom. The molecule has 0 heterocycles. The summed E-state index contributed by atoms with van der Waals surface area (Å²) in [5, 5.41) is 18.0. The molecule has 4 nitrogen and oxygen atoms in total. The zero-order chi connectivity index (χ0) is 12.1. The Balaban J connectivity index is 2.68. The molecule has 16 heavy (non-hydrogen) atoms. The average Bonchev–Trinajstić information content (AvgIpc) is 2.26. The van der Waals surface area contributed by atoms with Crippen molar-refractivity contribution in [2.24, 2.45) is 0 Å². The average molecular weight is 224 g/mol. The Morgan fingerprint density at radius 3 is 2.56 bits per heavy atom.